The molecule has 3 N–H and O–H groups in total. The summed E-state index contributed by atoms with van der Waals surface area (Å²) >= 11 is 0. The van der Waals surface area contributed by atoms with Crippen LogP contribution >= 0.6 is 0 Å². The molecular weight excluding hydrogens is 374 g/mol. The zero-order valence-electron chi connectivity index (χ0n) is 16.0. The summed E-state index contributed by atoms with van der Waals surface area (Å²) in [4.78, 5) is 21.5. The summed E-state index contributed by atoms with van der Waals surface area (Å²) in [5, 5.41) is 25.2. The number of methoxy groups -OCH3 is 1. The van der Waals surface area contributed by atoms with Gasteiger partial charge in [0.2, 0.25) is 0 Å². The Morgan fingerprint density at radius 3 is 2.14 bits per heavy atom. The fourth-order valence-electron chi connectivity index (χ4n) is 2.81. The van der Waals surface area contributed by atoms with Crippen LogP contribution < -0.4 is 4.74 Å². The summed E-state index contributed by atoms with van der Waals surface area (Å²) in [5.41, 5.74) is 3.88. The molecule has 3 rings (SSSR count). The first kappa shape index (κ1) is 21.7. The minimum atomic E-state index is -1.26. The zero-order valence-corrected chi connectivity index (χ0v) is 16.0. The Hall–Kier alpha value is -3.58. The number of hydrogen-bond donors (Lipinski definition) is 3. The lowest BCUT2D eigenvalue weighted by molar-refractivity contribution is -0.134. The number of aliphatic carboxylic acids is 2. The number of carboxylic acid groups (broad SMARTS) is 2. The van der Waals surface area contributed by atoms with E-state index in [4.69, 9.17) is 14.9 Å². The first-order valence-corrected chi connectivity index (χ1v) is 8.85. The average molecular weight is 397 g/mol. The minimum Gasteiger partial charge on any atom is -0.504 e. The highest BCUT2D eigenvalue weighted by Gasteiger charge is 2.16. The normalized spacial score (nSPS) is 13.1. The third kappa shape index (κ3) is 7.15. The summed E-state index contributed by atoms with van der Waals surface area (Å²) in [7, 11) is 1.56. The lowest BCUT2D eigenvalue weighted by Crippen LogP contribution is -2.15. The number of phenolic OH excluding ortho intramolecular Hbond substituents is 1. The van der Waals surface area contributed by atoms with Gasteiger partial charge in [0.05, 0.1) is 7.11 Å². The molecule has 2 aromatic carbocycles. The molecule has 0 amide bonds. The Morgan fingerprint density at radius 2 is 1.62 bits per heavy atom. The quantitative estimate of drug-likeness (QED) is 0.643. The molecule has 7 nitrogen and oxygen atoms in total. The second-order valence-corrected chi connectivity index (χ2v) is 6.28. The molecule has 0 saturated carbocycles. The summed E-state index contributed by atoms with van der Waals surface area (Å²) in [5.74, 6) is -1.84. The summed E-state index contributed by atoms with van der Waals surface area (Å²) in [6.07, 6.45) is 5.33. The third-order valence-electron chi connectivity index (χ3n) is 4.15. The van der Waals surface area contributed by atoms with Crippen molar-refractivity contribution in [2.24, 2.45) is 0 Å². The van der Waals surface area contributed by atoms with E-state index in [0.29, 0.717) is 17.9 Å². The van der Waals surface area contributed by atoms with Crippen LogP contribution in [-0.2, 0) is 22.7 Å². The molecule has 0 unspecified atom stereocenters. The number of carboxylic acids is 2. The van der Waals surface area contributed by atoms with Crippen LogP contribution in [0.1, 0.15) is 16.7 Å². The van der Waals surface area contributed by atoms with E-state index < -0.39 is 11.9 Å². The van der Waals surface area contributed by atoms with E-state index in [1.807, 2.05) is 12.1 Å². The number of phenols is 1. The molecule has 0 saturated heterocycles. The molecule has 1 aliphatic rings. The highest BCUT2D eigenvalue weighted by Crippen LogP contribution is 2.27. The van der Waals surface area contributed by atoms with Gasteiger partial charge in [-0.25, -0.2) is 9.59 Å². The molecule has 7 heteroatoms. The average Bonchev–Trinajstić information content (AvgIpc) is 3.11. The number of benzene rings is 2. The smallest absolute Gasteiger partial charge is 0.328 e. The van der Waals surface area contributed by atoms with Gasteiger partial charge in [0.25, 0.3) is 0 Å². The van der Waals surface area contributed by atoms with E-state index in [2.05, 4.69) is 41.3 Å². The number of carbonyl (C=O) groups is 2. The number of rotatable bonds is 6. The van der Waals surface area contributed by atoms with Crippen LogP contribution in [-0.4, -0.2) is 45.8 Å². The molecule has 1 heterocycles. The van der Waals surface area contributed by atoms with Crippen molar-refractivity contribution in [3.63, 3.8) is 0 Å². The van der Waals surface area contributed by atoms with Gasteiger partial charge in [-0.2, -0.15) is 0 Å². The van der Waals surface area contributed by atoms with Crippen LogP contribution in [0.2, 0.25) is 0 Å². The molecule has 0 aromatic heterocycles. The maximum absolute atomic E-state index is 9.58. The van der Waals surface area contributed by atoms with Gasteiger partial charge in [-0.3, -0.25) is 4.90 Å². The monoisotopic (exact) mass is 397 g/mol. The van der Waals surface area contributed by atoms with Crippen molar-refractivity contribution < 1.29 is 29.6 Å². The molecule has 0 atom stereocenters. The van der Waals surface area contributed by atoms with E-state index in [-0.39, 0.29) is 5.75 Å². The summed E-state index contributed by atoms with van der Waals surface area (Å²) in [6.45, 7) is 2.94. The maximum Gasteiger partial charge on any atom is 0.328 e. The van der Waals surface area contributed by atoms with Crippen molar-refractivity contribution in [2.75, 3.05) is 13.7 Å². The Bertz CT molecular complexity index is 878. The molecule has 0 bridgehead atoms. The fraction of sp³-hybridized carbons (Fsp3) is 0.182. The van der Waals surface area contributed by atoms with Gasteiger partial charge in [0.15, 0.2) is 11.5 Å². The Kier molecular flexibility index (Phi) is 8.00. The highest BCUT2D eigenvalue weighted by atomic mass is 16.5. The van der Waals surface area contributed by atoms with Crippen molar-refractivity contribution in [2.45, 2.75) is 13.1 Å². The van der Waals surface area contributed by atoms with E-state index in [1.165, 1.54) is 11.1 Å². The predicted molar refractivity (Wildman–Crippen MR) is 109 cm³/mol. The third-order valence-corrected chi connectivity index (χ3v) is 4.15. The van der Waals surface area contributed by atoms with Crippen molar-refractivity contribution in [3.8, 4) is 11.5 Å². The molecule has 0 radical (unpaired) electrons. The van der Waals surface area contributed by atoms with E-state index >= 15 is 0 Å². The number of ether oxygens (including phenoxy) is 1. The highest BCUT2D eigenvalue weighted by molar-refractivity contribution is 5.89. The van der Waals surface area contributed by atoms with Crippen LogP contribution in [0, 0.1) is 0 Å². The Balaban J connectivity index is 0.000000321. The fourth-order valence-corrected chi connectivity index (χ4v) is 2.81. The molecule has 0 fully saturated rings. The second kappa shape index (κ2) is 10.7. The van der Waals surface area contributed by atoms with Crippen LogP contribution in [0.15, 0.2) is 60.7 Å². The molecule has 1 aliphatic heterocycles. The predicted octanol–water partition coefficient (Wildman–Crippen LogP) is 3.14. The van der Waals surface area contributed by atoms with Crippen molar-refractivity contribution in [1.82, 2.24) is 4.90 Å². The van der Waals surface area contributed by atoms with Gasteiger partial charge >= 0.3 is 11.9 Å². The van der Waals surface area contributed by atoms with Crippen LogP contribution in [0.3, 0.4) is 0 Å². The van der Waals surface area contributed by atoms with Gasteiger partial charge < -0.3 is 20.1 Å². The van der Waals surface area contributed by atoms with E-state index in [1.54, 1.807) is 13.2 Å². The summed E-state index contributed by atoms with van der Waals surface area (Å²) < 4.78 is 5.11. The van der Waals surface area contributed by atoms with Crippen LogP contribution in [0.5, 0.6) is 11.5 Å². The van der Waals surface area contributed by atoms with Crippen LogP contribution in [0.4, 0.5) is 0 Å². The van der Waals surface area contributed by atoms with Crippen molar-refractivity contribution in [1.29, 1.82) is 0 Å². The van der Waals surface area contributed by atoms with Gasteiger partial charge in [-0.1, -0.05) is 42.5 Å². The van der Waals surface area contributed by atoms with Gasteiger partial charge in [0.1, 0.15) is 0 Å². The number of nitrogens with zero attached hydrogens (tertiary/aromatic N) is 1. The second-order valence-electron chi connectivity index (χ2n) is 6.28. The number of aromatic hydroxyl groups is 1. The van der Waals surface area contributed by atoms with Crippen molar-refractivity contribution in [3.05, 3.63) is 77.4 Å². The first-order valence-electron chi connectivity index (χ1n) is 8.85. The van der Waals surface area contributed by atoms with Crippen LogP contribution in [0.25, 0.3) is 6.08 Å². The van der Waals surface area contributed by atoms with Crippen molar-refractivity contribution >= 4 is 18.0 Å². The molecule has 2 aromatic rings. The molecule has 0 spiro atoms. The molecular formula is C22H23NO6. The number of fused-ring (bicyclic) bond motifs is 1. The largest absolute Gasteiger partial charge is 0.504 e. The molecule has 0 aliphatic carbocycles. The Morgan fingerprint density at radius 1 is 1.03 bits per heavy atom. The lowest BCUT2D eigenvalue weighted by atomic mass is 10.1. The summed E-state index contributed by atoms with van der Waals surface area (Å²) in [6, 6.07) is 14.0. The standard InChI is InChI=1S/C18H19NO2.C4H4O4/c1-21-18-11-14(8-9-17(18)20)5-4-10-19-12-15-6-2-3-7-16(15)13-19;5-3(6)1-2-4(7)8/h2-9,11,20H,10,12-13H2,1H3;1-2H,(H,5,6)(H,7,8)/b;2-1-. The minimum absolute atomic E-state index is 0.171. The van der Waals surface area contributed by atoms with Gasteiger partial charge in [-0.05, 0) is 28.8 Å². The lowest BCUT2D eigenvalue weighted by Gasteiger charge is -2.11. The van der Waals surface area contributed by atoms with Gasteiger partial charge in [0, 0.05) is 31.8 Å². The Labute approximate surface area is 168 Å². The van der Waals surface area contributed by atoms with E-state index in [0.717, 1.165) is 25.2 Å². The zero-order chi connectivity index (χ0) is 21.2. The molecule has 29 heavy (non-hydrogen) atoms. The van der Waals surface area contributed by atoms with Gasteiger partial charge in [-0.15, -0.1) is 0 Å². The van der Waals surface area contributed by atoms with E-state index in [9.17, 15) is 14.7 Å². The maximum atomic E-state index is 9.58. The first-order chi connectivity index (χ1) is 13.9. The topological polar surface area (TPSA) is 107 Å². The molecule has 152 valence electrons. The number of hydrogen-bond acceptors (Lipinski definition) is 5. The SMILES string of the molecule is COc1cc(C=CCN2Cc3ccccc3C2)ccc1O.O=C(O)/C=C\C(=O)O.